The van der Waals surface area contributed by atoms with Crippen LogP contribution in [0.5, 0.6) is 0 Å². The number of aromatic nitrogens is 2. The molecule has 2 N–H and O–H groups in total. The number of likely N-dealkylation sites (N-methyl/N-ethyl adjacent to an activating group) is 2. The van der Waals surface area contributed by atoms with Crippen LogP contribution < -0.4 is 5.73 Å². The normalized spacial score (nSPS) is 28.6. The van der Waals surface area contributed by atoms with Gasteiger partial charge in [-0.2, -0.15) is 4.98 Å². The van der Waals surface area contributed by atoms with Gasteiger partial charge in [-0.15, -0.1) is 0 Å². The first-order valence-electron chi connectivity index (χ1n) is 7.18. The van der Waals surface area contributed by atoms with Gasteiger partial charge in [0.2, 0.25) is 5.89 Å². The fourth-order valence-corrected chi connectivity index (χ4v) is 2.81. The summed E-state index contributed by atoms with van der Waals surface area (Å²) in [5, 5.41) is 4.17. The highest BCUT2D eigenvalue weighted by molar-refractivity contribution is 5.06. The second-order valence-electron chi connectivity index (χ2n) is 5.98. The minimum atomic E-state index is -0.525. The monoisotopic (exact) mass is 281 g/mol. The number of rotatable bonds is 2. The van der Waals surface area contributed by atoms with Gasteiger partial charge in [-0.1, -0.05) is 5.16 Å². The molecular formula is C13H23N5O2. The third-order valence-corrected chi connectivity index (χ3v) is 4.40. The molecule has 0 aliphatic carbocycles. The van der Waals surface area contributed by atoms with Crippen LogP contribution in [-0.4, -0.2) is 66.9 Å². The summed E-state index contributed by atoms with van der Waals surface area (Å²) in [6.45, 7) is 4.29. The maximum absolute atomic E-state index is 6.38. The molecule has 1 atom stereocenters. The smallest absolute Gasteiger partial charge is 0.246 e. The van der Waals surface area contributed by atoms with E-state index >= 15 is 0 Å². The average molecular weight is 281 g/mol. The van der Waals surface area contributed by atoms with Gasteiger partial charge in [0.05, 0.1) is 6.04 Å². The highest BCUT2D eigenvalue weighted by Gasteiger charge is 2.37. The van der Waals surface area contributed by atoms with E-state index in [4.69, 9.17) is 15.0 Å². The fraction of sp³-hybridized carbons (Fsp3) is 0.846. The van der Waals surface area contributed by atoms with E-state index in [1.54, 1.807) is 0 Å². The topological polar surface area (TPSA) is 80.7 Å². The summed E-state index contributed by atoms with van der Waals surface area (Å²) in [5.41, 5.74) is 5.86. The zero-order chi connectivity index (χ0) is 14.2. The van der Waals surface area contributed by atoms with E-state index in [0.29, 0.717) is 19.1 Å². The Bertz CT molecular complexity index is 457. The maximum atomic E-state index is 6.38. The van der Waals surface area contributed by atoms with Crippen molar-refractivity contribution >= 4 is 0 Å². The summed E-state index contributed by atoms with van der Waals surface area (Å²) in [5.74, 6) is 1.29. The van der Waals surface area contributed by atoms with Crippen LogP contribution in [0, 0.1) is 0 Å². The van der Waals surface area contributed by atoms with Crippen LogP contribution in [0.2, 0.25) is 0 Å². The minimum Gasteiger partial charge on any atom is -0.381 e. The molecule has 2 aliphatic rings. The van der Waals surface area contributed by atoms with Crippen LogP contribution in [0.15, 0.2) is 4.52 Å². The molecule has 20 heavy (non-hydrogen) atoms. The second-order valence-corrected chi connectivity index (χ2v) is 5.98. The molecule has 0 spiro atoms. The summed E-state index contributed by atoms with van der Waals surface area (Å²) < 4.78 is 10.8. The van der Waals surface area contributed by atoms with E-state index in [0.717, 1.165) is 38.3 Å². The van der Waals surface area contributed by atoms with E-state index in [1.165, 1.54) is 0 Å². The van der Waals surface area contributed by atoms with E-state index in [-0.39, 0.29) is 6.04 Å². The zero-order valence-corrected chi connectivity index (χ0v) is 12.2. The number of hydrogen-bond acceptors (Lipinski definition) is 7. The van der Waals surface area contributed by atoms with Crippen molar-refractivity contribution in [1.29, 1.82) is 0 Å². The molecule has 1 aromatic heterocycles. The maximum Gasteiger partial charge on any atom is 0.246 e. The third kappa shape index (κ3) is 2.58. The Kier molecular flexibility index (Phi) is 3.76. The Morgan fingerprint density at radius 3 is 2.75 bits per heavy atom. The molecular weight excluding hydrogens is 258 g/mol. The van der Waals surface area contributed by atoms with Gasteiger partial charge in [0, 0.05) is 32.8 Å². The van der Waals surface area contributed by atoms with Gasteiger partial charge >= 0.3 is 0 Å². The van der Waals surface area contributed by atoms with Gasteiger partial charge in [0.15, 0.2) is 5.82 Å². The van der Waals surface area contributed by atoms with Crippen molar-refractivity contribution in [3.63, 3.8) is 0 Å². The van der Waals surface area contributed by atoms with Crippen molar-refractivity contribution in [2.24, 2.45) is 5.73 Å². The Hall–Kier alpha value is -1.02. The number of piperazine rings is 1. The van der Waals surface area contributed by atoms with Crippen molar-refractivity contribution < 1.29 is 9.26 Å². The van der Waals surface area contributed by atoms with E-state index < -0.39 is 5.54 Å². The Morgan fingerprint density at radius 1 is 1.25 bits per heavy atom. The van der Waals surface area contributed by atoms with Crippen molar-refractivity contribution in [3.05, 3.63) is 11.7 Å². The van der Waals surface area contributed by atoms with Gasteiger partial charge in [-0.25, -0.2) is 0 Å². The molecule has 0 saturated carbocycles. The molecule has 3 heterocycles. The van der Waals surface area contributed by atoms with E-state index in [1.807, 2.05) is 0 Å². The molecule has 7 heteroatoms. The summed E-state index contributed by atoms with van der Waals surface area (Å²) in [4.78, 5) is 9.14. The van der Waals surface area contributed by atoms with Gasteiger partial charge in [-0.05, 0) is 26.9 Å². The number of hydrogen-bond donors (Lipinski definition) is 1. The van der Waals surface area contributed by atoms with Crippen LogP contribution in [0.4, 0.5) is 0 Å². The highest BCUT2D eigenvalue weighted by Crippen LogP contribution is 2.30. The van der Waals surface area contributed by atoms with Crippen LogP contribution >= 0.6 is 0 Å². The first-order chi connectivity index (χ1) is 9.58. The number of ether oxygens (including phenoxy) is 1. The SMILES string of the molecule is CN1CCN(C)C(c2noc(C3(N)CCOCC3)n2)C1. The predicted octanol–water partition coefficient (Wildman–Crippen LogP) is -0.0477. The lowest BCUT2D eigenvalue weighted by atomic mass is 9.91. The van der Waals surface area contributed by atoms with Crippen molar-refractivity contribution in [3.8, 4) is 0 Å². The van der Waals surface area contributed by atoms with E-state index in [9.17, 15) is 0 Å². The highest BCUT2D eigenvalue weighted by atomic mass is 16.5. The van der Waals surface area contributed by atoms with Crippen LogP contribution in [0.25, 0.3) is 0 Å². The van der Waals surface area contributed by atoms with Crippen LogP contribution in [0.1, 0.15) is 30.6 Å². The predicted molar refractivity (Wildman–Crippen MR) is 73.1 cm³/mol. The van der Waals surface area contributed by atoms with Gasteiger partial charge < -0.3 is 19.9 Å². The lowest BCUT2D eigenvalue weighted by Crippen LogP contribution is -2.45. The second kappa shape index (κ2) is 5.40. The molecule has 2 saturated heterocycles. The molecule has 1 unspecified atom stereocenters. The summed E-state index contributed by atoms with van der Waals surface area (Å²) in [7, 11) is 4.21. The zero-order valence-electron chi connectivity index (χ0n) is 12.2. The molecule has 2 fully saturated rings. The molecule has 112 valence electrons. The fourth-order valence-electron chi connectivity index (χ4n) is 2.81. The lowest BCUT2D eigenvalue weighted by molar-refractivity contribution is 0.0400. The standard InChI is InChI=1S/C13H23N5O2/c1-17-5-6-18(2)10(9-17)11-15-12(20-16-11)13(14)3-7-19-8-4-13/h10H,3-9,14H2,1-2H3. The first-order valence-corrected chi connectivity index (χ1v) is 7.18. The number of nitrogens with zero attached hydrogens (tertiary/aromatic N) is 4. The number of nitrogens with two attached hydrogens (primary N) is 1. The van der Waals surface area contributed by atoms with Gasteiger partial charge in [0.25, 0.3) is 0 Å². The van der Waals surface area contributed by atoms with Crippen LogP contribution in [-0.2, 0) is 10.3 Å². The molecule has 0 amide bonds. The quantitative estimate of drug-likeness (QED) is 0.814. The van der Waals surface area contributed by atoms with Crippen LogP contribution in [0.3, 0.4) is 0 Å². The Balaban J connectivity index is 1.79. The Morgan fingerprint density at radius 2 is 2.00 bits per heavy atom. The molecule has 2 aliphatic heterocycles. The molecule has 0 bridgehead atoms. The minimum absolute atomic E-state index is 0.176. The summed E-state index contributed by atoms with van der Waals surface area (Å²) in [6, 6.07) is 0.176. The molecule has 0 radical (unpaired) electrons. The average Bonchev–Trinajstić information content (AvgIpc) is 2.93. The van der Waals surface area contributed by atoms with Crippen molar-refractivity contribution in [2.75, 3.05) is 46.9 Å². The lowest BCUT2D eigenvalue weighted by Gasteiger charge is -2.35. The molecule has 1 aromatic rings. The molecule has 3 rings (SSSR count). The Labute approximate surface area is 119 Å². The first kappa shape index (κ1) is 13.9. The van der Waals surface area contributed by atoms with Crippen molar-refractivity contribution in [1.82, 2.24) is 19.9 Å². The van der Waals surface area contributed by atoms with E-state index in [2.05, 4.69) is 34.0 Å². The largest absolute Gasteiger partial charge is 0.381 e. The van der Waals surface area contributed by atoms with Crippen molar-refractivity contribution in [2.45, 2.75) is 24.4 Å². The molecule has 0 aromatic carbocycles. The third-order valence-electron chi connectivity index (χ3n) is 4.40. The summed E-state index contributed by atoms with van der Waals surface area (Å²) >= 11 is 0. The molecule has 7 nitrogen and oxygen atoms in total. The van der Waals surface area contributed by atoms with Gasteiger partial charge in [-0.3, -0.25) is 4.90 Å². The summed E-state index contributed by atoms with van der Waals surface area (Å²) in [6.07, 6.45) is 1.46. The van der Waals surface area contributed by atoms with Gasteiger partial charge in [0.1, 0.15) is 5.54 Å².